The van der Waals surface area contributed by atoms with Crippen molar-refractivity contribution in [2.24, 2.45) is 0 Å². The van der Waals surface area contributed by atoms with Crippen LogP contribution >= 0.6 is 11.8 Å². The number of unbranched alkanes of at least 4 members (excludes halogenated alkanes) is 2. The van der Waals surface area contributed by atoms with E-state index in [4.69, 9.17) is 9.47 Å². The van der Waals surface area contributed by atoms with Crippen molar-refractivity contribution in [1.82, 2.24) is 19.2 Å². The van der Waals surface area contributed by atoms with Crippen molar-refractivity contribution >= 4 is 28.4 Å². The highest BCUT2D eigenvalue weighted by molar-refractivity contribution is 7.99. The zero-order chi connectivity index (χ0) is 21.6. The van der Waals surface area contributed by atoms with Crippen LogP contribution in [0.2, 0.25) is 0 Å². The number of hydrogen-bond donors (Lipinski definition) is 0. The molecule has 4 aromatic rings. The second kappa shape index (κ2) is 9.87. The number of ether oxygens (including phenoxy) is 2. The number of hydrogen-bond acceptors (Lipinski definition) is 6. The summed E-state index contributed by atoms with van der Waals surface area (Å²) in [6.45, 7) is 3.32. The maximum absolute atomic E-state index is 13.1. The van der Waals surface area contributed by atoms with E-state index in [-0.39, 0.29) is 5.56 Å². The first-order chi connectivity index (χ1) is 15.2. The van der Waals surface area contributed by atoms with Crippen molar-refractivity contribution in [3.8, 4) is 11.5 Å². The molecular formula is C23H26N4O3S. The van der Waals surface area contributed by atoms with Crippen molar-refractivity contribution in [2.75, 3.05) is 19.5 Å². The molecule has 31 heavy (non-hydrogen) atoms. The van der Waals surface area contributed by atoms with Crippen LogP contribution in [0, 0.1) is 0 Å². The molecule has 0 spiro atoms. The molecule has 0 saturated heterocycles. The van der Waals surface area contributed by atoms with E-state index < -0.39 is 0 Å². The smallest absolute Gasteiger partial charge is 0.262 e. The van der Waals surface area contributed by atoms with Crippen LogP contribution in [0.3, 0.4) is 0 Å². The molecule has 0 atom stereocenters. The molecule has 0 unspecified atom stereocenters. The van der Waals surface area contributed by atoms with Crippen LogP contribution in [0.1, 0.15) is 26.2 Å². The lowest BCUT2D eigenvalue weighted by molar-refractivity contribution is 0.342. The summed E-state index contributed by atoms with van der Waals surface area (Å²) in [4.78, 5) is 13.1. The van der Waals surface area contributed by atoms with Crippen molar-refractivity contribution < 1.29 is 9.47 Å². The number of nitrogens with zero attached hydrogens (tertiary/aromatic N) is 4. The Morgan fingerprint density at radius 3 is 2.55 bits per heavy atom. The highest BCUT2D eigenvalue weighted by Crippen LogP contribution is 2.22. The van der Waals surface area contributed by atoms with Gasteiger partial charge in [0, 0.05) is 12.3 Å². The number of aromatic nitrogens is 4. The van der Waals surface area contributed by atoms with Gasteiger partial charge in [-0.2, -0.15) is 0 Å². The summed E-state index contributed by atoms with van der Waals surface area (Å²) in [5.41, 5.74) is 0.823. The van der Waals surface area contributed by atoms with Gasteiger partial charge in [-0.15, -0.1) is 10.2 Å². The first-order valence-corrected chi connectivity index (χ1v) is 11.5. The SMILES string of the molecule is CCCCCn1c(=O)c2ccccc2n2c(SCCOc3ccc(OC)cc3)nnc12. The van der Waals surface area contributed by atoms with Crippen LogP contribution in [0.15, 0.2) is 58.5 Å². The summed E-state index contributed by atoms with van der Waals surface area (Å²) in [5.74, 6) is 2.89. The number of thioether (sulfide) groups is 1. The molecule has 0 aliphatic carbocycles. The van der Waals surface area contributed by atoms with E-state index in [2.05, 4.69) is 17.1 Å². The number of para-hydroxylation sites is 1. The van der Waals surface area contributed by atoms with Gasteiger partial charge in [0.1, 0.15) is 11.5 Å². The molecule has 0 aliphatic heterocycles. The van der Waals surface area contributed by atoms with E-state index >= 15 is 0 Å². The Morgan fingerprint density at radius 2 is 1.77 bits per heavy atom. The summed E-state index contributed by atoms with van der Waals surface area (Å²) < 4.78 is 14.7. The minimum absolute atomic E-state index is 0.00834. The first-order valence-electron chi connectivity index (χ1n) is 10.5. The van der Waals surface area contributed by atoms with Gasteiger partial charge in [-0.3, -0.25) is 13.8 Å². The molecule has 0 fully saturated rings. The highest BCUT2D eigenvalue weighted by Gasteiger charge is 2.16. The third-order valence-electron chi connectivity index (χ3n) is 5.11. The minimum Gasteiger partial charge on any atom is -0.497 e. The van der Waals surface area contributed by atoms with E-state index in [1.165, 1.54) is 0 Å². The Hall–Kier alpha value is -3.00. The van der Waals surface area contributed by atoms with Crippen molar-refractivity contribution in [3.05, 3.63) is 58.9 Å². The lowest BCUT2D eigenvalue weighted by Gasteiger charge is -2.11. The second-order valence-electron chi connectivity index (χ2n) is 7.17. The summed E-state index contributed by atoms with van der Waals surface area (Å²) in [6, 6.07) is 15.2. The molecule has 8 heteroatoms. The Bertz CT molecular complexity index is 1220. The minimum atomic E-state index is -0.00834. The van der Waals surface area contributed by atoms with Crippen LogP contribution in [0.25, 0.3) is 16.7 Å². The fourth-order valence-electron chi connectivity index (χ4n) is 3.51. The lowest BCUT2D eigenvalue weighted by atomic mass is 10.2. The van der Waals surface area contributed by atoms with Crippen molar-refractivity contribution in [1.29, 1.82) is 0 Å². The van der Waals surface area contributed by atoms with Crippen LogP contribution in [-0.4, -0.2) is 38.6 Å². The summed E-state index contributed by atoms with van der Waals surface area (Å²) in [6.07, 6.45) is 3.11. The number of fused-ring (bicyclic) bond motifs is 3. The average Bonchev–Trinajstić information content (AvgIpc) is 3.23. The largest absolute Gasteiger partial charge is 0.497 e. The lowest BCUT2D eigenvalue weighted by Crippen LogP contribution is -2.23. The third kappa shape index (κ3) is 4.54. The third-order valence-corrected chi connectivity index (χ3v) is 6.00. The Balaban J connectivity index is 1.56. The average molecular weight is 439 g/mol. The molecule has 162 valence electrons. The molecular weight excluding hydrogens is 412 g/mol. The zero-order valence-electron chi connectivity index (χ0n) is 17.8. The molecule has 0 aliphatic rings. The quantitative estimate of drug-likeness (QED) is 0.270. The molecule has 0 bridgehead atoms. The normalized spacial score (nSPS) is 11.3. The molecule has 0 N–H and O–H groups in total. The Kier molecular flexibility index (Phi) is 6.76. The van der Waals surface area contributed by atoms with E-state index in [0.29, 0.717) is 30.1 Å². The van der Waals surface area contributed by atoms with E-state index in [9.17, 15) is 4.79 Å². The van der Waals surface area contributed by atoms with Gasteiger partial charge in [0.25, 0.3) is 5.56 Å². The molecule has 4 rings (SSSR count). The Labute approximate surface area is 185 Å². The summed E-state index contributed by atoms with van der Waals surface area (Å²) in [5, 5.41) is 10.2. The maximum Gasteiger partial charge on any atom is 0.262 e. The van der Waals surface area contributed by atoms with Crippen LogP contribution < -0.4 is 15.0 Å². The van der Waals surface area contributed by atoms with Gasteiger partial charge in [0.2, 0.25) is 5.78 Å². The monoisotopic (exact) mass is 438 g/mol. The molecule has 0 amide bonds. The van der Waals surface area contributed by atoms with Crippen molar-refractivity contribution in [3.63, 3.8) is 0 Å². The van der Waals surface area contributed by atoms with Gasteiger partial charge in [-0.1, -0.05) is 43.7 Å². The van der Waals surface area contributed by atoms with E-state index in [1.54, 1.807) is 23.4 Å². The highest BCUT2D eigenvalue weighted by atomic mass is 32.2. The van der Waals surface area contributed by atoms with Gasteiger partial charge in [0.05, 0.1) is 24.6 Å². The van der Waals surface area contributed by atoms with Crippen molar-refractivity contribution in [2.45, 2.75) is 37.9 Å². The van der Waals surface area contributed by atoms with Gasteiger partial charge in [-0.25, -0.2) is 0 Å². The topological polar surface area (TPSA) is 70.7 Å². The summed E-state index contributed by atoms with van der Waals surface area (Å²) >= 11 is 1.57. The van der Waals surface area contributed by atoms with Gasteiger partial charge < -0.3 is 9.47 Å². The predicted octanol–water partition coefficient (Wildman–Crippen LogP) is 4.41. The fourth-order valence-corrected chi connectivity index (χ4v) is 4.27. The zero-order valence-corrected chi connectivity index (χ0v) is 18.6. The Morgan fingerprint density at radius 1 is 1.00 bits per heavy atom. The summed E-state index contributed by atoms with van der Waals surface area (Å²) in [7, 11) is 1.64. The van der Waals surface area contributed by atoms with E-state index in [1.807, 2.05) is 52.9 Å². The fraction of sp³-hybridized carbons (Fsp3) is 0.348. The number of methoxy groups -OCH3 is 1. The van der Waals surface area contributed by atoms with Gasteiger partial charge in [0.15, 0.2) is 5.16 Å². The first kappa shape index (κ1) is 21.2. The molecule has 2 heterocycles. The standard InChI is InChI=1S/C23H26N4O3S/c1-3-4-7-14-26-21(28)19-8-5-6-9-20(19)27-22(26)24-25-23(27)31-16-15-30-18-12-10-17(29-2)11-13-18/h5-6,8-13H,3-4,7,14-16H2,1-2H3. The molecule has 2 aromatic heterocycles. The van der Waals surface area contributed by atoms with Crippen LogP contribution in [-0.2, 0) is 6.54 Å². The molecule has 2 aromatic carbocycles. The second-order valence-corrected chi connectivity index (χ2v) is 8.23. The molecule has 7 nitrogen and oxygen atoms in total. The van der Waals surface area contributed by atoms with E-state index in [0.717, 1.165) is 41.4 Å². The molecule has 0 radical (unpaired) electrons. The predicted molar refractivity (Wildman–Crippen MR) is 123 cm³/mol. The maximum atomic E-state index is 13.1. The molecule has 0 saturated carbocycles. The van der Waals surface area contributed by atoms with Gasteiger partial charge >= 0.3 is 0 Å². The number of aryl methyl sites for hydroxylation is 1. The van der Waals surface area contributed by atoms with Gasteiger partial charge in [-0.05, 0) is 42.8 Å². The van der Waals surface area contributed by atoms with Crippen LogP contribution in [0.5, 0.6) is 11.5 Å². The number of rotatable bonds is 10. The number of benzene rings is 2. The van der Waals surface area contributed by atoms with Crippen LogP contribution in [0.4, 0.5) is 0 Å².